The van der Waals surface area contributed by atoms with Crippen molar-refractivity contribution >= 4 is 25.7 Å². The number of hydrogen-bond acceptors (Lipinski definition) is 6. The van der Waals surface area contributed by atoms with Crippen molar-refractivity contribution in [2.24, 2.45) is 22.1 Å². The molecule has 1 fully saturated rings. The van der Waals surface area contributed by atoms with E-state index in [0.717, 1.165) is 37.1 Å². The van der Waals surface area contributed by atoms with Crippen LogP contribution in [0.2, 0.25) is 19.6 Å². The Hall–Kier alpha value is -1.41. The Morgan fingerprint density at radius 2 is 1.83 bits per heavy atom. The third-order valence-electron chi connectivity index (χ3n) is 5.27. The fourth-order valence-corrected chi connectivity index (χ4v) is 5.29. The van der Waals surface area contributed by atoms with Crippen molar-refractivity contribution in [2.45, 2.75) is 90.5 Å². The Labute approximate surface area is 177 Å². The molecular weight excluding hydrogens is 388 g/mol. The summed E-state index contributed by atoms with van der Waals surface area (Å²) in [7, 11) is 1.38. The third-order valence-corrected chi connectivity index (χ3v) is 6.28. The maximum atomic E-state index is 11.2. The number of carbonyl (C=O) groups is 1. The van der Waals surface area contributed by atoms with Crippen molar-refractivity contribution in [3.8, 4) is 0 Å². The number of carboxylic acid groups (broad SMARTS) is 1. The minimum Gasteiger partial charge on any atom is -0.481 e. The molecular formula is C21H40N2O5Si. The predicted octanol–water partition coefficient (Wildman–Crippen LogP) is 5.07. The molecule has 0 aromatic rings. The van der Waals surface area contributed by atoms with Crippen LogP contribution in [0.3, 0.4) is 0 Å². The molecule has 1 aliphatic carbocycles. The standard InChI is InChI=1S/C21H40N2O5Si/c1-7-8-9-10-16(22-26-2)11-12-18-17(13-14-21(24)25)19(23-27-3)15-20(18)28-29(4,5)6/h17-18,20H,7-15H2,1-6H3,(H,24,25)/b22-16-,23-19-/t17-,18-,20-/m1/s1. The minimum atomic E-state index is -1.76. The molecule has 0 aromatic heterocycles. The first-order valence-electron chi connectivity index (χ1n) is 10.8. The van der Waals surface area contributed by atoms with Crippen molar-refractivity contribution < 1.29 is 24.0 Å². The van der Waals surface area contributed by atoms with E-state index in [1.54, 1.807) is 14.2 Å². The number of oxime groups is 2. The van der Waals surface area contributed by atoms with Gasteiger partial charge >= 0.3 is 5.97 Å². The van der Waals surface area contributed by atoms with Crippen LogP contribution in [0.4, 0.5) is 0 Å². The molecule has 0 unspecified atom stereocenters. The zero-order valence-electron chi connectivity index (χ0n) is 19.1. The van der Waals surface area contributed by atoms with Crippen LogP contribution < -0.4 is 0 Å². The summed E-state index contributed by atoms with van der Waals surface area (Å²) in [5.41, 5.74) is 2.00. The molecule has 0 aromatic carbocycles. The van der Waals surface area contributed by atoms with Crippen molar-refractivity contribution in [2.75, 3.05) is 14.2 Å². The molecule has 1 aliphatic rings. The van der Waals surface area contributed by atoms with Crippen molar-refractivity contribution in [3.63, 3.8) is 0 Å². The fourth-order valence-electron chi connectivity index (χ4n) is 4.12. The van der Waals surface area contributed by atoms with Crippen LogP contribution in [0.5, 0.6) is 0 Å². The highest BCUT2D eigenvalue weighted by Gasteiger charge is 2.43. The lowest BCUT2D eigenvalue weighted by molar-refractivity contribution is -0.137. The molecule has 1 N–H and O–H groups in total. The Morgan fingerprint density at radius 3 is 2.38 bits per heavy atom. The Bertz CT molecular complexity index is 560. The van der Waals surface area contributed by atoms with Gasteiger partial charge in [0, 0.05) is 18.8 Å². The van der Waals surface area contributed by atoms with E-state index in [1.807, 2.05) is 0 Å². The van der Waals surface area contributed by atoms with E-state index in [1.165, 1.54) is 12.8 Å². The smallest absolute Gasteiger partial charge is 0.303 e. The first-order chi connectivity index (χ1) is 13.7. The van der Waals surface area contributed by atoms with Gasteiger partial charge in [0.25, 0.3) is 0 Å². The van der Waals surface area contributed by atoms with Gasteiger partial charge in [-0.1, -0.05) is 30.1 Å². The van der Waals surface area contributed by atoms with E-state index in [2.05, 4.69) is 36.9 Å². The summed E-state index contributed by atoms with van der Waals surface area (Å²) in [6, 6.07) is 0. The molecule has 0 saturated heterocycles. The molecule has 1 rings (SSSR count). The molecule has 0 spiro atoms. The van der Waals surface area contributed by atoms with Gasteiger partial charge in [0.2, 0.25) is 0 Å². The highest BCUT2D eigenvalue weighted by Crippen LogP contribution is 2.40. The second kappa shape index (κ2) is 13.0. The maximum absolute atomic E-state index is 11.2. The van der Waals surface area contributed by atoms with Gasteiger partial charge in [-0.3, -0.25) is 4.79 Å². The molecule has 0 aliphatic heterocycles. The monoisotopic (exact) mass is 428 g/mol. The molecule has 168 valence electrons. The summed E-state index contributed by atoms with van der Waals surface area (Å²) in [6.45, 7) is 8.74. The summed E-state index contributed by atoms with van der Waals surface area (Å²) in [4.78, 5) is 21.3. The van der Waals surface area contributed by atoms with Gasteiger partial charge in [-0.25, -0.2) is 0 Å². The highest BCUT2D eigenvalue weighted by atomic mass is 28.4. The van der Waals surface area contributed by atoms with Crippen LogP contribution in [0.15, 0.2) is 10.3 Å². The minimum absolute atomic E-state index is 0.0498. The van der Waals surface area contributed by atoms with Gasteiger partial charge in [-0.15, -0.1) is 0 Å². The zero-order chi connectivity index (χ0) is 21.9. The van der Waals surface area contributed by atoms with Crippen LogP contribution >= 0.6 is 0 Å². The number of rotatable bonds is 14. The van der Waals surface area contributed by atoms with Crippen molar-refractivity contribution in [1.29, 1.82) is 0 Å². The second-order valence-corrected chi connectivity index (χ2v) is 13.2. The summed E-state index contributed by atoms with van der Waals surface area (Å²) < 4.78 is 6.50. The molecule has 7 nitrogen and oxygen atoms in total. The lowest BCUT2D eigenvalue weighted by Crippen LogP contribution is -2.35. The second-order valence-electron chi connectivity index (χ2n) is 8.78. The quantitative estimate of drug-likeness (QED) is 0.180. The molecule has 3 atom stereocenters. The van der Waals surface area contributed by atoms with Crippen LogP contribution in [0.1, 0.15) is 64.7 Å². The largest absolute Gasteiger partial charge is 0.481 e. The zero-order valence-corrected chi connectivity index (χ0v) is 20.1. The molecule has 0 amide bonds. The average molecular weight is 429 g/mol. The first kappa shape index (κ1) is 25.6. The van der Waals surface area contributed by atoms with Gasteiger partial charge in [-0.05, 0) is 57.7 Å². The van der Waals surface area contributed by atoms with Gasteiger partial charge in [0.15, 0.2) is 8.32 Å². The third kappa shape index (κ3) is 9.76. The summed E-state index contributed by atoms with van der Waals surface area (Å²) in [6.07, 6.45) is 7.55. The van der Waals surface area contributed by atoms with Crippen molar-refractivity contribution in [1.82, 2.24) is 0 Å². The predicted molar refractivity (Wildman–Crippen MR) is 119 cm³/mol. The lowest BCUT2D eigenvalue weighted by Gasteiger charge is -2.30. The summed E-state index contributed by atoms with van der Waals surface area (Å²) in [5, 5.41) is 17.7. The van der Waals surface area contributed by atoms with E-state index in [-0.39, 0.29) is 24.4 Å². The number of unbranched alkanes of at least 4 members (excludes halogenated alkanes) is 2. The van der Waals surface area contributed by atoms with E-state index in [4.69, 9.17) is 14.1 Å². The topological polar surface area (TPSA) is 89.7 Å². The normalized spacial score (nSPS) is 24.1. The average Bonchev–Trinajstić information content (AvgIpc) is 2.92. The van der Waals surface area contributed by atoms with E-state index >= 15 is 0 Å². The van der Waals surface area contributed by atoms with Gasteiger partial charge in [0.1, 0.15) is 14.2 Å². The fraction of sp³-hybridized carbons (Fsp3) is 0.857. The molecule has 1 saturated carbocycles. The molecule has 29 heavy (non-hydrogen) atoms. The van der Waals surface area contributed by atoms with Crippen LogP contribution in [-0.2, 0) is 18.9 Å². The van der Waals surface area contributed by atoms with E-state index < -0.39 is 14.3 Å². The van der Waals surface area contributed by atoms with Crippen molar-refractivity contribution in [3.05, 3.63) is 0 Å². The summed E-state index contributed by atoms with van der Waals surface area (Å²) >= 11 is 0. The molecule has 0 radical (unpaired) electrons. The highest BCUT2D eigenvalue weighted by molar-refractivity contribution is 6.69. The van der Waals surface area contributed by atoms with Crippen LogP contribution in [0.25, 0.3) is 0 Å². The maximum Gasteiger partial charge on any atom is 0.303 e. The number of aliphatic carboxylic acids is 1. The lowest BCUT2D eigenvalue weighted by atomic mass is 9.85. The Kier molecular flexibility index (Phi) is 11.5. The van der Waals surface area contributed by atoms with Crippen LogP contribution in [0, 0.1) is 11.8 Å². The van der Waals surface area contributed by atoms with Gasteiger partial charge in [0.05, 0.1) is 17.5 Å². The Balaban J connectivity index is 2.98. The van der Waals surface area contributed by atoms with E-state index in [9.17, 15) is 9.90 Å². The number of hydrogen-bond donors (Lipinski definition) is 1. The SMILES string of the molecule is CCCCC/C(CC[C@H]1[C@H](O[Si](C)(C)C)C/C(=N/OC)[C@@H]1CCC(=O)O)=N/OC. The molecule has 8 heteroatoms. The molecule has 0 bridgehead atoms. The Morgan fingerprint density at radius 1 is 1.10 bits per heavy atom. The van der Waals surface area contributed by atoms with Gasteiger partial charge < -0.3 is 19.2 Å². The molecule has 0 heterocycles. The van der Waals surface area contributed by atoms with Gasteiger partial charge in [-0.2, -0.15) is 0 Å². The summed E-state index contributed by atoms with van der Waals surface area (Å²) in [5.74, 6) is -0.508. The number of carboxylic acids is 1. The van der Waals surface area contributed by atoms with E-state index in [0.29, 0.717) is 12.8 Å². The number of nitrogens with zero attached hydrogens (tertiary/aromatic N) is 2. The van der Waals surface area contributed by atoms with Crippen LogP contribution in [-0.4, -0.2) is 51.1 Å². The first-order valence-corrected chi connectivity index (χ1v) is 14.2.